The monoisotopic (exact) mass is 322 g/mol. The third kappa shape index (κ3) is 4.24. The molecule has 122 valence electrons. The lowest BCUT2D eigenvalue weighted by molar-refractivity contribution is -0.140. The van der Waals surface area contributed by atoms with Gasteiger partial charge in [-0.15, -0.1) is 0 Å². The molecule has 0 aromatic heterocycles. The van der Waals surface area contributed by atoms with Crippen molar-refractivity contribution in [2.45, 2.75) is 31.4 Å². The zero-order valence-electron chi connectivity index (χ0n) is 13.6. The molecule has 1 aromatic carbocycles. The summed E-state index contributed by atoms with van der Waals surface area (Å²) in [5.74, 6) is 1.46. The van der Waals surface area contributed by atoms with Gasteiger partial charge in [0.2, 0.25) is 0 Å². The molecule has 0 spiro atoms. The number of rotatable bonds is 5. The Bertz CT molecular complexity index is 496. The molecule has 22 heavy (non-hydrogen) atoms. The SMILES string of the molecule is Cc1ccc(C(CNC(=O)C2(O)CCSCC2)N(C)C)cc1. The largest absolute Gasteiger partial charge is 0.380 e. The molecule has 1 aliphatic rings. The number of likely N-dealkylation sites (N-methyl/N-ethyl adjacent to an activating group) is 1. The first-order valence-corrected chi connectivity index (χ1v) is 8.89. The van der Waals surface area contributed by atoms with Gasteiger partial charge in [0.25, 0.3) is 5.91 Å². The van der Waals surface area contributed by atoms with Gasteiger partial charge in [0.15, 0.2) is 0 Å². The smallest absolute Gasteiger partial charge is 0.252 e. The standard InChI is InChI=1S/C17H26N2O2S/c1-13-4-6-14(7-5-13)15(19(2)3)12-18-16(20)17(21)8-10-22-11-9-17/h4-7,15,21H,8-12H2,1-3H3,(H,18,20). The van der Waals surface area contributed by atoms with Crippen molar-refractivity contribution in [3.05, 3.63) is 35.4 Å². The van der Waals surface area contributed by atoms with E-state index in [1.54, 1.807) is 11.8 Å². The molecule has 5 heteroatoms. The van der Waals surface area contributed by atoms with Crippen molar-refractivity contribution in [1.29, 1.82) is 0 Å². The van der Waals surface area contributed by atoms with Crippen LogP contribution in [0.1, 0.15) is 30.0 Å². The Labute approximate surface area is 137 Å². The summed E-state index contributed by atoms with van der Waals surface area (Å²) < 4.78 is 0. The number of hydrogen-bond acceptors (Lipinski definition) is 4. The van der Waals surface area contributed by atoms with Gasteiger partial charge < -0.3 is 15.3 Å². The van der Waals surface area contributed by atoms with Gasteiger partial charge >= 0.3 is 0 Å². The van der Waals surface area contributed by atoms with E-state index in [1.165, 1.54) is 11.1 Å². The van der Waals surface area contributed by atoms with Crippen LogP contribution in [0.4, 0.5) is 0 Å². The highest BCUT2D eigenvalue weighted by Gasteiger charge is 2.37. The van der Waals surface area contributed by atoms with E-state index in [2.05, 4.69) is 41.4 Å². The number of carbonyl (C=O) groups is 1. The molecule has 2 N–H and O–H groups in total. The Hall–Kier alpha value is -1.04. The molecule has 2 rings (SSSR count). The van der Waals surface area contributed by atoms with Crippen LogP contribution in [0, 0.1) is 6.92 Å². The summed E-state index contributed by atoms with van der Waals surface area (Å²) in [7, 11) is 4.01. The number of aliphatic hydroxyl groups is 1. The molecular formula is C17H26N2O2S. The average Bonchev–Trinajstić information content (AvgIpc) is 2.49. The van der Waals surface area contributed by atoms with Gasteiger partial charge in [-0.2, -0.15) is 11.8 Å². The van der Waals surface area contributed by atoms with Crippen molar-refractivity contribution in [2.75, 3.05) is 32.1 Å². The third-order valence-corrected chi connectivity index (χ3v) is 5.27. The lowest BCUT2D eigenvalue weighted by Gasteiger charge is -2.32. The number of carbonyl (C=O) groups excluding carboxylic acids is 1. The third-order valence-electron chi connectivity index (χ3n) is 4.28. The van der Waals surface area contributed by atoms with Gasteiger partial charge in [0.1, 0.15) is 5.60 Å². The molecule has 1 amide bonds. The highest BCUT2D eigenvalue weighted by molar-refractivity contribution is 7.99. The van der Waals surface area contributed by atoms with Crippen molar-refractivity contribution in [3.63, 3.8) is 0 Å². The van der Waals surface area contributed by atoms with Crippen molar-refractivity contribution in [1.82, 2.24) is 10.2 Å². The molecule has 1 heterocycles. The van der Waals surface area contributed by atoms with Gasteiger partial charge in [0.05, 0.1) is 6.04 Å². The first kappa shape index (κ1) is 17.3. The van der Waals surface area contributed by atoms with E-state index in [-0.39, 0.29) is 11.9 Å². The van der Waals surface area contributed by atoms with Crippen LogP contribution in [0.25, 0.3) is 0 Å². The summed E-state index contributed by atoms with van der Waals surface area (Å²) in [5, 5.41) is 13.4. The Kier molecular flexibility index (Phi) is 5.89. The second kappa shape index (κ2) is 7.49. The lowest BCUT2D eigenvalue weighted by atomic mass is 9.95. The minimum atomic E-state index is -1.19. The number of benzene rings is 1. The number of aryl methyl sites for hydroxylation is 1. The van der Waals surface area contributed by atoms with Crippen molar-refractivity contribution in [3.8, 4) is 0 Å². The molecule has 0 radical (unpaired) electrons. The van der Waals surface area contributed by atoms with Gasteiger partial charge in [0, 0.05) is 6.54 Å². The second-order valence-corrected chi connectivity index (χ2v) is 7.47. The van der Waals surface area contributed by atoms with Gasteiger partial charge in [-0.3, -0.25) is 4.79 Å². The molecule has 1 saturated heterocycles. The number of nitrogens with one attached hydrogen (secondary N) is 1. The lowest BCUT2D eigenvalue weighted by Crippen LogP contribution is -2.50. The van der Waals surface area contributed by atoms with Crippen molar-refractivity contribution >= 4 is 17.7 Å². The number of amides is 1. The molecule has 1 aliphatic heterocycles. The number of thioether (sulfide) groups is 1. The molecular weight excluding hydrogens is 296 g/mol. The molecule has 0 aliphatic carbocycles. The van der Waals surface area contributed by atoms with E-state index in [9.17, 15) is 9.90 Å². The van der Waals surface area contributed by atoms with E-state index in [0.29, 0.717) is 19.4 Å². The van der Waals surface area contributed by atoms with Crippen molar-refractivity contribution < 1.29 is 9.90 Å². The average molecular weight is 322 g/mol. The molecule has 0 bridgehead atoms. The van der Waals surface area contributed by atoms with Crippen LogP contribution in [0.5, 0.6) is 0 Å². The summed E-state index contributed by atoms with van der Waals surface area (Å²) in [6.45, 7) is 2.57. The summed E-state index contributed by atoms with van der Waals surface area (Å²) in [5.41, 5.74) is 1.21. The van der Waals surface area contributed by atoms with Crippen LogP contribution in [0.3, 0.4) is 0 Å². The Morgan fingerprint density at radius 2 is 1.91 bits per heavy atom. The highest BCUT2D eigenvalue weighted by atomic mass is 32.2. The van der Waals surface area contributed by atoms with E-state index in [1.807, 2.05) is 14.1 Å². The quantitative estimate of drug-likeness (QED) is 0.870. The van der Waals surface area contributed by atoms with E-state index in [4.69, 9.17) is 0 Å². The van der Waals surface area contributed by atoms with Crippen LogP contribution in [0.15, 0.2) is 24.3 Å². The van der Waals surface area contributed by atoms with Gasteiger partial charge in [-0.05, 0) is 50.9 Å². The summed E-state index contributed by atoms with van der Waals surface area (Å²) in [6.07, 6.45) is 1.08. The fourth-order valence-corrected chi connectivity index (χ4v) is 3.85. The Balaban J connectivity index is 2.00. The summed E-state index contributed by atoms with van der Waals surface area (Å²) in [4.78, 5) is 14.4. The predicted molar refractivity (Wildman–Crippen MR) is 92.1 cm³/mol. The van der Waals surface area contributed by atoms with E-state index in [0.717, 1.165) is 11.5 Å². The van der Waals surface area contributed by atoms with Crippen LogP contribution in [-0.4, -0.2) is 53.7 Å². The zero-order chi connectivity index (χ0) is 16.2. The molecule has 4 nitrogen and oxygen atoms in total. The minimum Gasteiger partial charge on any atom is -0.380 e. The minimum absolute atomic E-state index is 0.103. The number of nitrogens with zero attached hydrogens (tertiary/aromatic N) is 1. The van der Waals surface area contributed by atoms with Crippen LogP contribution in [-0.2, 0) is 4.79 Å². The molecule has 1 unspecified atom stereocenters. The van der Waals surface area contributed by atoms with Gasteiger partial charge in [-0.1, -0.05) is 29.8 Å². The van der Waals surface area contributed by atoms with Crippen LogP contribution < -0.4 is 5.32 Å². The van der Waals surface area contributed by atoms with E-state index < -0.39 is 5.60 Å². The first-order chi connectivity index (χ1) is 10.4. The maximum absolute atomic E-state index is 12.3. The van der Waals surface area contributed by atoms with Crippen molar-refractivity contribution in [2.24, 2.45) is 0 Å². The summed E-state index contributed by atoms with van der Waals surface area (Å²) >= 11 is 1.79. The number of hydrogen-bond donors (Lipinski definition) is 2. The Morgan fingerprint density at radius 3 is 2.45 bits per heavy atom. The maximum Gasteiger partial charge on any atom is 0.252 e. The maximum atomic E-state index is 12.3. The first-order valence-electron chi connectivity index (χ1n) is 7.74. The fourth-order valence-electron chi connectivity index (χ4n) is 2.68. The fraction of sp³-hybridized carbons (Fsp3) is 0.588. The topological polar surface area (TPSA) is 52.6 Å². The zero-order valence-corrected chi connectivity index (χ0v) is 14.4. The van der Waals surface area contributed by atoms with Crippen LogP contribution >= 0.6 is 11.8 Å². The highest BCUT2D eigenvalue weighted by Crippen LogP contribution is 2.27. The van der Waals surface area contributed by atoms with Gasteiger partial charge in [-0.25, -0.2) is 0 Å². The molecule has 0 saturated carbocycles. The van der Waals surface area contributed by atoms with Crippen LogP contribution in [0.2, 0.25) is 0 Å². The summed E-state index contributed by atoms with van der Waals surface area (Å²) in [6, 6.07) is 8.46. The second-order valence-electron chi connectivity index (χ2n) is 6.24. The van der Waals surface area contributed by atoms with E-state index >= 15 is 0 Å². The molecule has 1 fully saturated rings. The molecule has 1 atom stereocenters. The predicted octanol–water partition coefficient (Wildman–Crippen LogP) is 1.97. The molecule has 1 aromatic rings. The normalized spacial score (nSPS) is 19.0. The Morgan fingerprint density at radius 1 is 1.32 bits per heavy atom.